The minimum Gasteiger partial charge on any atom is -0.455 e. The lowest BCUT2D eigenvalue weighted by Crippen LogP contribution is -2.56. The van der Waals surface area contributed by atoms with Gasteiger partial charge in [-0.3, -0.25) is 9.59 Å². The van der Waals surface area contributed by atoms with E-state index >= 15 is 0 Å². The smallest absolute Gasteiger partial charge is 0.316 e. The summed E-state index contributed by atoms with van der Waals surface area (Å²) in [4.78, 5) is 24.2. The van der Waals surface area contributed by atoms with Crippen LogP contribution in [0, 0.1) is 23.2 Å². The van der Waals surface area contributed by atoms with Crippen molar-refractivity contribution >= 4 is 33.5 Å². The minimum atomic E-state index is -2.94. The second-order valence-electron chi connectivity index (χ2n) is 9.57. The SMILES string of the molecule is C[C@H](NC(=O)COC(=O)CS[C@H]1CCS(=O)(=O)C1)C12CC3CC(CC(C3)C1)C2. The number of carbonyl (C=O) groups excluding carboxylic acids is 2. The van der Waals surface area contributed by atoms with E-state index in [1.165, 1.54) is 50.3 Å². The molecule has 1 amide bonds. The highest BCUT2D eigenvalue weighted by Crippen LogP contribution is 2.61. The van der Waals surface area contributed by atoms with Crippen LogP contribution in [0.3, 0.4) is 0 Å². The number of rotatable bonds is 7. The van der Waals surface area contributed by atoms with Crippen molar-refractivity contribution in [3.8, 4) is 0 Å². The van der Waals surface area contributed by atoms with E-state index in [-0.39, 0.29) is 46.5 Å². The summed E-state index contributed by atoms with van der Waals surface area (Å²) < 4.78 is 28.0. The lowest BCUT2D eigenvalue weighted by molar-refractivity contribution is -0.147. The van der Waals surface area contributed by atoms with Crippen LogP contribution < -0.4 is 5.32 Å². The monoisotopic (exact) mass is 429 g/mol. The molecule has 5 aliphatic rings. The summed E-state index contributed by atoms with van der Waals surface area (Å²) in [5.41, 5.74) is 0.234. The Morgan fingerprint density at radius 2 is 1.75 bits per heavy atom. The Balaban J connectivity index is 1.19. The molecule has 4 bridgehead atoms. The molecule has 8 heteroatoms. The minimum absolute atomic E-state index is 0.0394. The largest absolute Gasteiger partial charge is 0.455 e. The molecule has 0 spiro atoms. The Morgan fingerprint density at radius 1 is 1.14 bits per heavy atom. The first kappa shape index (κ1) is 20.5. The first-order chi connectivity index (χ1) is 13.2. The highest BCUT2D eigenvalue weighted by molar-refractivity contribution is 8.02. The fourth-order valence-electron chi connectivity index (χ4n) is 6.41. The third kappa shape index (κ3) is 4.53. The summed E-state index contributed by atoms with van der Waals surface area (Å²) in [6.45, 7) is 1.86. The molecular formula is C20H31NO5S2. The van der Waals surface area contributed by atoms with Crippen LogP contribution in [0.5, 0.6) is 0 Å². The Bertz CT molecular complexity index is 700. The van der Waals surface area contributed by atoms with Crippen molar-refractivity contribution in [2.24, 2.45) is 23.2 Å². The standard InChI is InChI=1S/C20H31NO5S2/c1-13(20-7-14-4-15(8-20)6-16(5-14)9-20)21-18(22)10-26-19(23)11-27-17-2-3-28(24,25)12-17/h13-17H,2-12H2,1H3,(H,21,22)/t13-,14?,15?,16?,17-,20?/m0/s1. The van der Waals surface area contributed by atoms with Gasteiger partial charge in [0.05, 0.1) is 17.3 Å². The molecule has 0 aromatic rings. The molecule has 0 aromatic heterocycles. The summed E-state index contributed by atoms with van der Waals surface area (Å²) in [6.07, 6.45) is 8.37. The number of carbonyl (C=O) groups is 2. The Hall–Kier alpha value is -0.760. The number of hydrogen-bond donors (Lipinski definition) is 1. The molecule has 1 saturated heterocycles. The van der Waals surface area contributed by atoms with Crippen molar-refractivity contribution in [2.75, 3.05) is 23.9 Å². The lowest BCUT2D eigenvalue weighted by atomic mass is 9.48. The molecule has 0 unspecified atom stereocenters. The average molecular weight is 430 g/mol. The van der Waals surface area contributed by atoms with Gasteiger partial charge in [-0.2, -0.15) is 0 Å². The van der Waals surface area contributed by atoms with Gasteiger partial charge in [-0.25, -0.2) is 8.42 Å². The zero-order valence-corrected chi connectivity index (χ0v) is 18.2. The van der Waals surface area contributed by atoms with Crippen LogP contribution in [0.2, 0.25) is 0 Å². The molecule has 5 rings (SSSR count). The summed E-state index contributed by atoms with van der Waals surface area (Å²) >= 11 is 1.31. The van der Waals surface area contributed by atoms with Gasteiger partial charge in [-0.15, -0.1) is 11.8 Å². The zero-order chi connectivity index (χ0) is 19.9. The number of hydrogen-bond acceptors (Lipinski definition) is 6. The van der Waals surface area contributed by atoms with Gasteiger partial charge in [0.15, 0.2) is 16.4 Å². The fourth-order valence-corrected chi connectivity index (χ4v) is 9.85. The van der Waals surface area contributed by atoms with E-state index < -0.39 is 15.8 Å². The fraction of sp³-hybridized carbons (Fsp3) is 0.900. The van der Waals surface area contributed by atoms with E-state index in [2.05, 4.69) is 12.2 Å². The number of esters is 1. The molecule has 0 aromatic carbocycles. The van der Waals surface area contributed by atoms with Crippen molar-refractivity contribution in [1.29, 1.82) is 0 Å². The predicted molar refractivity (Wildman–Crippen MR) is 109 cm³/mol. The molecule has 1 N–H and O–H groups in total. The highest BCUT2D eigenvalue weighted by atomic mass is 32.2. The van der Waals surface area contributed by atoms with Gasteiger partial charge >= 0.3 is 5.97 Å². The van der Waals surface area contributed by atoms with Crippen molar-refractivity contribution in [3.05, 3.63) is 0 Å². The van der Waals surface area contributed by atoms with Crippen molar-refractivity contribution in [1.82, 2.24) is 5.32 Å². The van der Waals surface area contributed by atoms with E-state index in [1.807, 2.05) is 0 Å². The number of thioether (sulfide) groups is 1. The lowest BCUT2D eigenvalue weighted by Gasteiger charge is -2.59. The number of nitrogens with one attached hydrogen (secondary N) is 1. The molecule has 6 nitrogen and oxygen atoms in total. The van der Waals surface area contributed by atoms with Gasteiger partial charge in [-0.05, 0) is 75.0 Å². The van der Waals surface area contributed by atoms with Gasteiger partial charge in [0.25, 0.3) is 5.91 Å². The van der Waals surface area contributed by atoms with E-state index in [1.54, 1.807) is 0 Å². The van der Waals surface area contributed by atoms with Crippen LogP contribution in [0.1, 0.15) is 51.9 Å². The van der Waals surface area contributed by atoms with Crippen molar-refractivity contribution < 1.29 is 22.7 Å². The summed E-state index contributed by atoms with van der Waals surface area (Å²) in [5.74, 6) is 2.24. The van der Waals surface area contributed by atoms with Gasteiger partial charge in [0.1, 0.15) is 0 Å². The Kier molecular flexibility index (Phi) is 5.73. The second kappa shape index (κ2) is 7.82. The van der Waals surface area contributed by atoms with Gasteiger partial charge < -0.3 is 10.1 Å². The van der Waals surface area contributed by atoms with Crippen LogP contribution in [0.25, 0.3) is 0 Å². The Morgan fingerprint density at radius 3 is 2.29 bits per heavy atom. The average Bonchev–Trinajstić information content (AvgIpc) is 2.96. The van der Waals surface area contributed by atoms with Crippen molar-refractivity contribution in [2.45, 2.75) is 63.2 Å². The third-order valence-electron chi connectivity index (χ3n) is 7.37. The van der Waals surface area contributed by atoms with Crippen LogP contribution >= 0.6 is 11.8 Å². The third-order valence-corrected chi connectivity index (χ3v) is 10.6. The van der Waals surface area contributed by atoms with E-state index in [9.17, 15) is 18.0 Å². The quantitative estimate of drug-likeness (QED) is 0.624. The number of sulfone groups is 1. The number of ether oxygens (including phenoxy) is 1. The molecule has 158 valence electrons. The van der Waals surface area contributed by atoms with Gasteiger partial charge in [0.2, 0.25) is 0 Å². The maximum Gasteiger partial charge on any atom is 0.316 e. The summed E-state index contributed by atoms with van der Waals surface area (Å²) in [6, 6.07) is 0.116. The molecule has 0 radical (unpaired) electrons. The Labute approximate surface area is 171 Å². The molecule has 2 atom stereocenters. The van der Waals surface area contributed by atoms with E-state index in [4.69, 9.17) is 4.74 Å². The molecule has 4 saturated carbocycles. The number of amides is 1. The van der Waals surface area contributed by atoms with Crippen LogP contribution in [-0.2, 0) is 24.2 Å². The first-order valence-corrected chi connectivity index (χ1v) is 13.4. The molecular weight excluding hydrogens is 398 g/mol. The molecule has 28 heavy (non-hydrogen) atoms. The van der Waals surface area contributed by atoms with Crippen LogP contribution in [-0.4, -0.2) is 55.5 Å². The molecule has 1 heterocycles. The molecule has 4 aliphatic carbocycles. The summed E-state index contributed by atoms with van der Waals surface area (Å²) in [7, 11) is -2.94. The van der Waals surface area contributed by atoms with Crippen molar-refractivity contribution in [3.63, 3.8) is 0 Å². The maximum absolute atomic E-state index is 12.3. The second-order valence-corrected chi connectivity index (χ2v) is 13.1. The predicted octanol–water partition coefficient (Wildman–Crippen LogP) is 2.17. The van der Waals surface area contributed by atoms with Crippen LogP contribution in [0.15, 0.2) is 0 Å². The van der Waals surface area contributed by atoms with Crippen LogP contribution in [0.4, 0.5) is 0 Å². The normalized spacial score (nSPS) is 38.9. The first-order valence-electron chi connectivity index (χ1n) is 10.5. The van der Waals surface area contributed by atoms with Gasteiger partial charge in [-0.1, -0.05) is 0 Å². The molecule has 1 aliphatic heterocycles. The zero-order valence-electron chi connectivity index (χ0n) is 16.5. The summed E-state index contributed by atoms with van der Waals surface area (Å²) in [5, 5.41) is 3.06. The van der Waals surface area contributed by atoms with Gasteiger partial charge in [0, 0.05) is 11.3 Å². The topological polar surface area (TPSA) is 89.5 Å². The maximum atomic E-state index is 12.3. The highest BCUT2D eigenvalue weighted by Gasteiger charge is 2.53. The van der Waals surface area contributed by atoms with E-state index in [0.29, 0.717) is 6.42 Å². The van der Waals surface area contributed by atoms with E-state index in [0.717, 1.165) is 17.8 Å². The molecule has 5 fully saturated rings.